The molecule has 4 atom stereocenters. The molecule has 3 heterocycles. The summed E-state index contributed by atoms with van der Waals surface area (Å²) in [5.41, 5.74) is -0.107. The summed E-state index contributed by atoms with van der Waals surface area (Å²) in [6, 6.07) is 13.8. The zero-order valence-electron chi connectivity index (χ0n) is 26.8. The van der Waals surface area contributed by atoms with E-state index in [0.29, 0.717) is 24.5 Å². The van der Waals surface area contributed by atoms with Gasteiger partial charge in [-0.05, 0) is 68.5 Å². The summed E-state index contributed by atoms with van der Waals surface area (Å²) in [5, 5.41) is 11.5. The smallest absolute Gasteiger partial charge is 0.339 e. The molecular weight excluding hydrogens is 590 g/mol. The third kappa shape index (κ3) is 6.30. The average Bonchev–Trinajstić information content (AvgIpc) is 3.72. The summed E-state index contributed by atoms with van der Waals surface area (Å²) in [4.78, 5) is 42.1. The van der Waals surface area contributed by atoms with Gasteiger partial charge < -0.3 is 28.8 Å². The van der Waals surface area contributed by atoms with Gasteiger partial charge in [0.1, 0.15) is 12.4 Å². The van der Waals surface area contributed by atoms with E-state index in [1.54, 1.807) is 12.2 Å². The van der Waals surface area contributed by atoms with Crippen LogP contribution in [-0.2, 0) is 41.6 Å². The maximum absolute atomic E-state index is 13.7. The summed E-state index contributed by atoms with van der Waals surface area (Å²) in [6.45, 7) is 5.82. The fourth-order valence-electron chi connectivity index (χ4n) is 7.67. The fourth-order valence-corrected chi connectivity index (χ4v) is 7.67. The predicted octanol–water partition coefficient (Wildman–Crippen LogP) is 4.26. The van der Waals surface area contributed by atoms with Crippen molar-refractivity contribution in [1.82, 2.24) is 4.90 Å². The van der Waals surface area contributed by atoms with E-state index in [1.807, 2.05) is 56.3 Å². The number of carbonyl (C=O) groups excluding carboxylic acids is 3. The molecule has 46 heavy (non-hydrogen) atoms. The molecule has 1 spiro atoms. The molecule has 0 radical (unpaired) electrons. The minimum Gasteiger partial charge on any atom is -0.469 e. The van der Waals surface area contributed by atoms with E-state index >= 15 is 0 Å². The van der Waals surface area contributed by atoms with Gasteiger partial charge in [0.05, 0.1) is 31.7 Å². The Bertz CT molecular complexity index is 1500. The van der Waals surface area contributed by atoms with Crippen molar-refractivity contribution in [2.45, 2.75) is 81.6 Å². The van der Waals surface area contributed by atoms with Gasteiger partial charge in [-0.25, -0.2) is 4.79 Å². The summed E-state index contributed by atoms with van der Waals surface area (Å²) in [5.74, 6) is -1.14. The van der Waals surface area contributed by atoms with Crippen molar-refractivity contribution in [3.05, 3.63) is 71.3 Å². The lowest BCUT2D eigenvalue weighted by Crippen LogP contribution is -2.47. The van der Waals surface area contributed by atoms with Gasteiger partial charge in [0.2, 0.25) is 6.79 Å². The third-order valence-corrected chi connectivity index (χ3v) is 10.0. The summed E-state index contributed by atoms with van der Waals surface area (Å²) >= 11 is 0. The van der Waals surface area contributed by atoms with Gasteiger partial charge in [0.25, 0.3) is 0 Å². The highest BCUT2D eigenvalue weighted by Gasteiger charge is 2.60. The van der Waals surface area contributed by atoms with Crippen LogP contribution in [0.5, 0.6) is 11.5 Å². The van der Waals surface area contributed by atoms with Gasteiger partial charge >= 0.3 is 11.9 Å². The molecule has 10 heteroatoms. The van der Waals surface area contributed by atoms with Crippen LogP contribution in [0.2, 0.25) is 0 Å². The molecule has 0 bridgehead atoms. The second-order valence-corrected chi connectivity index (χ2v) is 13.4. The first-order valence-corrected chi connectivity index (χ1v) is 16.1. The Morgan fingerprint density at radius 3 is 2.65 bits per heavy atom. The first-order valence-electron chi connectivity index (χ1n) is 16.1. The van der Waals surface area contributed by atoms with E-state index in [9.17, 15) is 19.5 Å². The number of ether oxygens (including phenoxy) is 5. The normalized spacial score (nSPS) is 25.0. The van der Waals surface area contributed by atoms with E-state index in [-0.39, 0.29) is 37.1 Å². The van der Waals surface area contributed by atoms with Crippen LogP contribution < -0.4 is 9.47 Å². The van der Waals surface area contributed by atoms with Crippen molar-refractivity contribution in [3.63, 3.8) is 0 Å². The molecule has 1 saturated carbocycles. The van der Waals surface area contributed by atoms with E-state index in [2.05, 4.69) is 4.90 Å². The van der Waals surface area contributed by atoms with Crippen molar-refractivity contribution < 1.29 is 43.2 Å². The van der Waals surface area contributed by atoms with Crippen molar-refractivity contribution in [2.75, 3.05) is 33.6 Å². The van der Waals surface area contributed by atoms with Crippen LogP contribution in [0.25, 0.3) is 0 Å². The number of nitrogens with zero attached hydrogens (tertiary/aromatic N) is 1. The average molecular weight is 634 g/mol. The van der Waals surface area contributed by atoms with Crippen LogP contribution in [0, 0.1) is 5.92 Å². The minimum absolute atomic E-state index is 0.0314. The molecule has 6 rings (SSSR count). The van der Waals surface area contributed by atoms with Crippen molar-refractivity contribution in [1.29, 1.82) is 0 Å². The number of aliphatic hydroxyl groups is 1. The molecule has 246 valence electrons. The summed E-state index contributed by atoms with van der Waals surface area (Å²) in [6.07, 6.45) is 5.63. The largest absolute Gasteiger partial charge is 0.469 e. The fraction of sp³-hybridized carbons (Fsp3) is 0.528. The number of benzene rings is 2. The number of fused-ring (bicyclic) bond motifs is 3. The van der Waals surface area contributed by atoms with Crippen LogP contribution in [0.1, 0.15) is 68.6 Å². The SMILES string of the molecule is COC(=O)C[C@](O)(C/C=C/C(C)(C)OCc1ccccc1)C(=O)OC[C@@H]1C(=O)C[C@]23CCCN2CCc2cc4c(cc2[C@H]13)OCO4. The molecule has 0 aromatic heterocycles. The Hall–Kier alpha value is -3.73. The van der Waals surface area contributed by atoms with Gasteiger partial charge in [-0.15, -0.1) is 0 Å². The molecule has 2 aromatic rings. The molecule has 0 amide bonds. The van der Waals surface area contributed by atoms with E-state index in [4.69, 9.17) is 23.7 Å². The van der Waals surface area contributed by atoms with Gasteiger partial charge in [-0.1, -0.05) is 42.5 Å². The molecule has 3 aliphatic heterocycles. The van der Waals surface area contributed by atoms with Crippen molar-refractivity contribution >= 4 is 17.7 Å². The zero-order chi connectivity index (χ0) is 32.5. The Morgan fingerprint density at radius 1 is 1.13 bits per heavy atom. The maximum atomic E-state index is 13.7. The number of rotatable bonds is 11. The van der Waals surface area contributed by atoms with E-state index < -0.39 is 35.5 Å². The monoisotopic (exact) mass is 633 g/mol. The van der Waals surface area contributed by atoms with Crippen LogP contribution >= 0.6 is 0 Å². The Labute approximate surface area is 269 Å². The minimum atomic E-state index is -2.19. The van der Waals surface area contributed by atoms with E-state index in [0.717, 1.165) is 49.0 Å². The number of Topliss-reactive ketones (excluding diaryl/α,β-unsaturated/α-hetero) is 1. The number of methoxy groups -OCH3 is 1. The lowest BCUT2D eigenvalue weighted by Gasteiger charge is -2.39. The molecule has 1 aliphatic carbocycles. The molecular formula is C36H43NO9. The quantitative estimate of drug-likeness (QED) is 0.284. The first-order chi connectivity index (χ1) is 22.0. The molecule has 10 nitrogen and oxygen atoms in total. The van der Waals surface area contributed by atoms with Crippen molar-refractivity contribution in [3.8, 4) is 11.5 Å². The molecule has 4 aliphatic rings. The van der Waals surface area contributed by atoms with Crippen LogP contribution in [0.4, 0.5) is 0 Å². The van der Waals surface area contributed by atoms with Gasteiger partial charge in [-0.2, -0.15) is 0 Å². The van der Waals surface area contributed by atoms with Crippen LogP contribution in [0.15, 0.2) is 54.6 Å². The number of ketones is 1. The van der Waals surface area contributed by atoms with Crippen molar-refractivity contribution in [2.24, 2.45) is 5.92 Å². The highest BCUT2D eigenvalue weighted by Crippen LogP contribution is 2.56. The first kappa shape index (κ1) is 32.2. The summed E-state index contributed by atoms with van der Waals surface area (Å²) < 4.78 is 28.0. The van der Waals surface area contributed by atoms with Crippen LogP contribution in [0.3, 0.4) is 0 Å². The number of hydrogen-bond acceptors (Lipinski definition) is 10. The van der Waals surface area contributed by atoms with Gasteiger partial charge in [0, 0.05) is 30.8 Å². The summed E-state index contributed by atoms with van der Waals surface area (Å²) in [7, 11) is 1.20. The van der Waals surface area contributed by atoms with E-state index in [1.165, 1.54) is 7.11 Å². The molecule has 2 aromatic carbocycles. The maximum Gasteiger partial charge on any atom is 0.339 e. The Balaban J connectivity index is 1.19. The molecule has 2 fully saturated rings. The molecule has 1 saturated heterocycles. The molecule has 1 N–H and O–H groups in total. The topological polar surface area (TPSA) is 121 Å². The molecule has 0 unspecified atom stereocenters. The number of carbonyl (C=O) groups is 3. The Morgan fingerprint density at radius 2 is 1.89 bits per heavy atom. The Kier molecular flexibility index (Phi) is 8.98. The highest BCUT2D eigenvalue weighted by molar-refractivity contribution is 5.89. The lowest BCUT2D eigenvalue weighted by molar-refractivity contribution is -0.173. The predicted molar refractivity (Wildman–Crippen MR) is 167 cm³/mol. The lowest BCUT2D eigenvalue weighted by atomic mass is 9.75. The third-order valence-electron chi connectivity index (χ3n) is 10.0. The second kappa shape index (κ2) is 12.8. The van der Waals surface area contributed by atoms with Gasteiger partial charge in [-0.3, -0.25) is 14.5 Å². The van der Waals surface area contributed by atoms with Gasteiger partial charge in [0.15, 0.2) is 17.1 Å². The zero-order valence-corrected chi connectivity index (χ0v) is 26.8. The number of esters is 2. The van der Waals surface area contributed by atoms with Crippen LogP contribution in [-0.4, -0.2) is 78.1 Å². The standard InChI is InChI=1S/C36H43NO9/c1-34(2,46-21-24-9-5-4-6-10-24)12-7-14-36(41,20-31(39)42-3)33(40)43-22-27-28(38)19-35-13-8-15-37(35)16-11-25-17-29-30(45-23-44-29)18-26(25)32(27)35/h4-7,9-10,12,17-18,27,32,41H,8,11,13-16,19-23H2,1-3H3/b12-7+/t27-,32-,35+,36-/m1/s1. The number of hydrogen-bond donors (Lipinski definition) is 1. The second-order valence-electron chi connectivity index (χ2n) is 13.4. The highest BCUT2D eigenvalue weighted by atomic mass is 16.7.